The van der Waals surface area contributed by atoms with E-state index in [1.807, 2.05) is 6.92 Å². The molecule has 0 heterocycles. The Bertz CT molecular complexity index is 426. The molecule has 2 nitrogen and oxygen atoms in total. The van der Waals surface area contributed by atoms with Gasteiger partial charge in [0.2, 0.25) is 0 Å². The molecule has 0 unspecified atom stereocenters. The Hall–Kier alpha value is -1.02. The number of benzene rings is 1. The Balaban J connectivity index is 3.50. The normalized spacial score (nSPS) is 12.6. The third-order valence-electron chi connectivity index (χ3n) is 3.68. The molecule has 0 bridgehead atoms. The summed E-state index contributed by atoms with van der Waals surface area (Å²) in [5.74, 6) is 1.05. The molecule has 0 radical (unpaired) electrons. The summed E-state index contributed by atoms with van der Waals surface area (Å²) in [4.78, 5) is 0. The lowest BCUT2D eigenvalue weighted by Gasteiger charge is -2.30. The van der Waals surface area contributed by atoms with Gasteiger partial charge in [-0.3, -0.25) is 0 Å². The highest BCUT2D eigenvalue weighted by molar-refractivity contribution is 5.51. The zero-order valence-corrected chi connectivity index (χ0v) is 14.8. The molecule has 0 saturated carbocycles. The highest BCUT2D eigenvalue weighted by Crippen LogP contribution is 2.40. The van der Waals surface area contributed by atoms with E-state index in [0.29, 0.717) is 6.61 Å². The quantitative estimate of drug-likeness (QED) is 0.859. The second-order valence-electron chi connectivity index (χ2n) is 7.78. The van der Waals surface area contributed by atoms with Crippen molar-refractivity contribution in [1.29, 1.82) is 0 Å². The predicted molar refractivity (Wildman–Crippen MR) is 90.4 cm³/mol. The van der Waals surface area contributed by atoms with Gasteiger partial charge in [-0.05, 0) is 36.2 Å². The van der Waals surface area contributed by atoms with Crippen molar-refractivity contribution in [3.05, 3.63) is 28.8 Å². The van der Waals surface area contributed by atoms with Crippen LogP contribution in [0.2, 0.25) is 0 Å². The van der Waals surface area contributed by atoms with E-state index in [1.165, 1.54) is 16.7 Å². The molecule has 0 aliphatic carbocycles. The Morgan fingerprint density at radius 1 is 0.952 bits per heavy atom. The van der Waals surface area contributed by atoms with Gasteiger partial charge in [0.05, 0.1) is 6.61 Å². The summed E-state index contributed by atoms with van der Waals surface area (Å²) < 4.78 is 6.03. The highest BCUT2D eigenvalue weighted by atomic mass is 16.5. The third kappa shape index (κ3) is 4.74. The van der Waals surface area contributed by atoms with Gasteiger partial charge in [-0.1, -0.05) is 53.7 Å². The first kappa shape index (κ1) is 18.0. The molecule has 1 rings (SSSR count). The van der Waals surface area contributed by atoms with Crippen LogP contribution in [0, 0.1) is 0 Å². The maximum Gasteiger partial charge on any atom is 0.126 e. The summed E-state index contributed by atoms with van der Waals surface area (Å²) >= 11 is 0. The number of hydrogen-bond acceptors (Lipinski definition) is 2. The molecule has 0 atom stereocenters. The molecule has 1 aromatic carbocycles. The van der Waals surface area contributed by atoms with Gasteiger partial charge in [0.25, 0.3) is 0 Å². The van der Waals surface area contributed by atoms with Crippen molar-refractivity contribution in [2.45, 2.75) is 72.1 Å². The molecule has 0 aliphatic heterocycles. The van der Waals surface area contributed by atoms with Crippen LogP contribution in [0.25, 0.3) is 0 Å². The number of aliphatic hydroxyl groups excluding tert-OH is 1. The Morgan fingerprint density at radius 2 is 1.43 bits per heavy atom. The summed E-state index contributed by atoms with van der Waals surface area (Å²) in [5.41, 5.74) is 3.91. The summed E-state index contributed by atoms with van der Waals surface area (Å²) in [6.07, 6.45) is 1.72. The van der Waals surface area contributed by atoms with Crippen LogP contribution in [-0.2, 0) is 17.3 Å². The molecule has 0 amide bonds. The average molecular weight is 292 g/mol. The van der Waals surface area contributed by atoms with E-state index in [9.17, 15) is 0 Å². The largest absolute Gasteiger partial charge is 0.493 e. The molecular weight excluding hydrogens is 260 g/mol. The fraction of sp³-hybridized carbons (Fsp3) is 0.684. The second-order valence-corrected chi connectivity index (χ2v) is 7.78. The van der Waals surface area contributed by atoms with Gasteiger partial charge in [0, 0.05) is 17.7 Å². The van der Waals surface area contributed by atoms with Crippen LogP contribution in [0.3, 0.4) is 0 Å². The Morgan fingerprint density at radius 3 is 1.76 bits per heavy atom. The minimum absolute atomic E-state index is 0.0414. The van der Waals surface area contributed by atoms with Crippen LogP contribution in [0.1, 0.15) is 71.6 Å². The van der Waals surface area contributed by atoms with Crippen LogP contribution in [-0.4, -0.2) is 18.3 Å². The number of rotatable bonds is 5. The molecule has 0 aliphatic rings. The minimum atomic E-state index is 0.0414. The van der Waals surface area contributed by atoms with Crippen molar-refractivity contribution in [2.24, 2.45) is 0 Å². The molecule has 21 heavy (non-hydrogen) atoms. The van der Waals surface area contributed by atoms with Gasteiger partial charge in [0.15, 0.2) is 0 Å². The number of ether oxygens (including phenoxy) is 1. The van der Waals surface area contributed by atoms with Crippen molar-refractivity contribution in [1.82, 2.24) is 0 Å². The van der Waals surface area contributed by atoms with Crippen LogP contribution < -0.4 is 4.74 Å². The van der Waals surface area contributed by atoms with Crippen LogP contribution in [0.5, 0.6) is 5.75 Å². The molecule has 0 saturated heterocycles. The topological polar surface area (TPSA) is 29.5 Å². The standard InChI is InChI=1S/C19H32O2/c1-8-21-17-15(18(2,3)4)12-14(10-9-11-20)13-16(17)19(5,6)7/h12-13,20H,8-11H2,1-7H3. The zero-order chi connectivity index (χ0) is 16.3. The molecular formula is C19H32O2. The molecule has 2 heteroatoms. The maximum absolute atomic E-state index is 9.10. The molecule has 0 spiro atoms. The zero-order valence-electron chi connectivity index (χ0n) is 14.8. The van der Waals surface area contributed by atoms with Crippen LogP contribution >= 0.6 is 0 Å². The average Bonchev–Trinajstić information content (AvgIpc) is 2.34. The first-order chi connectivity index (χ1) is 9.61. The van der Waals surface area contributed by atoms with Crippen LogP contribution in [0.4, 0.5) is 0 Å². The summed E-state index contributed by atoms with van der Waals surface area (Å²) in [7, 11) is 0. The third-order valence-corrected chi connectivity index (χ3v) is 3.68. The number of aryl methyl sites for hydroxylation is 1. The van der Waals surface area contributed by atoms with E-state index < -0.39 is 0 Å². The SMILES string of the molecule is CCOc1c(C(C)(C)C)cc(CCCO)cc1C(C)(C)C. The minimum Gasteiger partial charge on any atom is -0.493 e. The fourth-order valence-corrected chi connectivity index (χ4v) is 2.53. The van der Waals surface area contributed by atoms with E-state index in [2.05, 4.69) is 53.7 Å². The van der Waals surface area contributed by atoms with E-state index in [1.54, 1.807) is 0 Å². The van der Waals surface area contributed by atoms with Gasteiger partial charge in [0.1, 0.15) is 5.75 Å². The van der Waals surface area contributed by atoms with E-state index in [-0.39, 0.29) is 17.4 Å². The lowest BCUT2D eigenvalue weighted by atomic mass is 9.78. The van der Waals surface area contributed by atoms with Gasteiger partial charge < -0.3 is 9.84 Å². The van der Waals surface area contributed by atoms with Gasteiger partial charge in [-0.2, -0.15) is 0 Å². The van der Waals surface area contributed by atoms with E-state index in [0.717, 1.165) is 18.6 Å². The Labute approximate surface area is 130 Å². The van der Waals surface area contributed by atoms with Crippen molar-refractivity contribution in [3.63, 3.8) is 0 Å². The fourth-order valence-electron chi connectivity index (χ4n) is 2.53. The maximum atomic E-state index is 9.10. The van der Waals surface area contributed by atoms with Gasteiger partial charge in [-0.15, -0.1) is 0 Å². The second kappa shape index (κ2) is 6.83. The first-order valence-electron chi connectivity index (χ1n) is 8.02. The molecule has 120 valence electrons. The number of aliphatic hydroxyl groups is 1. The number of hydrogen-bond donors (Lipinski definition) is 1. The first-order valence-corrected chi connectivity index (χ1v) is 8.02. The lowest BCUT2D eigenvalue weighted by Crippen LogP contribution is -2.20. The van der Waals surface area contributed by atoms with E-state index in [4.69, 9.17) is 9.84 Å². The highest BCUT2D eigenvalue weighted by Gasteiger charge is 2.27. The van der Waals surface area contributed by atoms with Gasteiger partial charge >= 0.3 is 0 Å². The molecule has 0 fully saturated rings. The monoisotopic (exact) mass is 292 g/mol. The van der Waals surface area contributed by atoms with Crippen molar-refractivity contribution in [3.8, 4) is 5.75 Å². The summed E-state index contributed by atoms with van der Waals surface area (Å²) in [6.45, 7) is 16.3. The summed E-state index contributed by atoms with van der Waals surface area (Å²) in [5, 5.41) is 9.10. The molecule has 1 aromatic rings. The van der Waals surface area contributed by atoms with E-state index >= 15 is 0 Å². The van der Waals surface area contributed by atoms with Crippen molar-refractivity contribution < 1.29 is 9.84 Å². The molecule has 0 aromatic heterocycles. The lowest BCUT2D eigenvalue weighted by molar-refractivity contribution is 0.288. The summed E-state index contributed by atoms with van der Waals surface area (Å²) in [6, 6.07) is 4.52. The van der Waals surface area contributed by atoms with Gasteiger partial charge in [-0.25, -0.2) is 0 Å². The van der Waals surface area contributed by atoms with Crippen molar-refractivity contribution in [2.75, 3.05) is 13.2 Å². The van der Waals surface area contributed by atoms with Crippen LogP contribution in [0.15, 0.2) is 12.1 Å². The smallest absolute Gasteiger partial charge is 0.126 e. The Kier molecular flexibility index (Phi) is 5.86. The van der Waals surface area contributed by atoms with Crippen molar-refractivity contribution >= 4 is 0 Å². The predicted octanol–water partition coefficient (Wildman–Crippen LogP) is 4.61. The molecule has 1 N–H and O–H groups in total.